The highest BCUT2D eigenvalue weighted by atomic mass is 16.5. The number of hydrazine groups is 1. The van der Waals surface area contributed by atoms with Gasteiger partial charge in [0.2, 0.25) is 5.88 Å². The lowest BCUT2D eigenvalue weighted by Gasteiger charge is -2.15. The van der Waals surface area contributed by atoms with Crippen LogP contribution in [0.25, 0.3) is 0 Å². The summed E-state index contributed by atoms with van der Waals surface area (Å²) in [6.45, 7) is 1.93. The van der Waals surface area contributed by atoms with Gasteiger partial charge in [0, 0.05) is 18.0 Å². The molecule has 3 N–H and O–H groups in total. The maximum atomic E-state index is 5.59. The number of nitrogens with two attached hydrogens (primary N) is 1. The van der Waals surface area contributed by atoms with Crippen molar-refractivity contribution in [3.05, 3.63) is 47.7 Å². The summed E-state index contributed by atoms with van der Waals surface area (Å²) in [6.07, 6.45) is 3.22. The van der Waals surface area contributed by atoms with Crippen LogP contribution in [0, 0.1) is 6.92 Å². The Morgan fingerprint density at radius 2 is 2.11 bits per heavy atom. The molecule has 0 aromatic carbocycles. The predicted octanol–water partition coefficient (Wildman–Crippen LogP) is 0.741. The first-order valence-corrected chi connectivity index (χ1v) is 5.49. The van der Waals surface area contributed by atoms with Crippen molar-refractivity contribution in [2.75, 3.05) is 7.11 Å². The average Bonchev–Trinajstić information content (AvgIpc) is 2.42. The molecule has 0 bridgehead atoms. The van der Waals surface area contributed by atoms with E-state index in [-0.39, 0.29) is 6.04 Å². The van der Waals surface area contributed by atoms with Crippen molar-refractivity contribution in [3.8, 4) is 5.88 Å². The molecule has 6 nitrogen and oxygen atoms in total. The molecule has 0 aliphatic rings. The Morgan fingerprint density at radius 3 is 2.72 bits per heavy atom. The molecule has 1 atom stereocenters. The van der Waals surface area contributed by atoms with E-state index >= 15 is 0 Å². The van der Waals surface area contributed by atoms with Crippen molar-refractivity contribution in [3.63, 3.8) is 0 Å². The van der Waals surface area contributed by atoms with Gasteiger partial charge in [0.25, 0.3) is 0 Å². The lowest BCUT2D eigenvalue weighted by atomic mass is 10.1. The van der Waals surface area contributed by atoms with Gasteiger partial charge in [-0.05, 0) is 18.6 Å². The highest BCUT2D eigenvalue weighted by Crippen LogP contribution is 2.20. The van der Waals surface area contributed by atoms with Crippen LogP contribution in [0.5, 0.6) is 5.88 Å². The monoisotopic (exact) mass is 245 g/mol. The zero-order valence-corrected chi connectivity index (χ0v) is 10.3. The number of ether oxygens (including phenoxy) is 1. The summed E-state index contributed by atoms with van der Waals surface area (Å²) in [4.78, 5) is 12.4. The lowest BCUT2D eigenvalue weighted by Crippen LogP contribution is -2.29. The largest absolute Gasteiger partial charge is 0.481 e. The van der Waals surface area contributed by atoms with Crippen molar-refractivity contribution >= 4 is 0 Å². The maximum absolute atomic E-state index is 5.59. The summed E-state index contributed by atoms with van der Waals surface area (Å²) >= 11 is 0. The number of methoxy groups -OCH3 is 1. The summed E-state index contributed by atoms with van der Waals surface area (Å²) in [6, 6.07) is 5.39. The summed E-state index contributed by atoms with van der Waals surface area (Å²) < 4.78 is 5.07. The number of hydrogen-bond donors (Lipinski definition) is 2. The van der Waals surface area contributed by atoms with Gasteiger partial charge in [-0.15, -0.1) is 0 Å². The van der Waals surface area contributed by atoms with E-state index in [4.69, 9.17) is 10.6 Å². The molecule has 94 valence electrons. The van der Waals surface area contributed by atoms with Crippen LogP contribution in [0.3, 0.4) is 0 Å². The van der Waals surface area contributed by atoms with Crippen LogP contribution in [0.15, 0.2) is 30.7 Å². The average molecular weight is 245 g/mol. The van der Waals surface area contributed by atoms with E-state index in [9.17, 15) is 0 Å². The first-order chi connectivity index (χ1) is 8.74. The standard InChI is InChI=1S/C12H15N5O/c1-8-3-4-9(6-14-8)12(17-13)10-5-11(18-2)16-7-15-10/h3-7,12,17H,13H2,1-2H3. The molecule has 6 heteroatoms. The van der Waals surface area contributed by atoms with Crippen molar-refractivity contribution in [1.82, 2.24) is 20.4 Å². The number of rotatable bonds is 4. The second-order valence-electron chi connectivity index (χ2n) is 3.82. The highest BCUT2D eigenvalue weighted by molar-refractivity contribution is 5.28. The van der Waals surface area contributed by atoms with Crippen LogP contribution in [0.4, 0.5) is 0 Å². The molecule has 0 aliphatic carbocycles. The Kier molecular flexibility index (Phi) is 3.81. The fourth-order valence-corrected chi connectivity index (χ4v) is 1.63. The molecular formula is C12H15N5O. The van der Waals surface area contributed by atoms with Crippen molar-refractivity contribution < 1.29 is 4.74 Å². The number of hydrogen-bond acceptors (Lipinski definition) is 6. The molecule has 2 rings (SSSR count). The Bertz CT molecular complexity index is 514. The molecular weight excluding hydrogens is 230 g/mol. The van der Waals surface area contributed by atoms with Gasteiger partial charge in [-0.2, -0.15) is 0 Å². The minimum atomic E-state index is -0.241. The van der Waals surface area contributed by atoms with E-state index in [0.29, 0.717) is 5.88 Å². The van der Waals surface area contributed by atoms with Crippen LogP contribution in [0.1, 0.15) is 23.0 Å². The highest BCUT2D eigenvalue weighted by Gasteiger charge is 2.15. The van der Waals surface area contributed by atoms with E-state index in [2.05, 4.69) is 20.4 Å². The van der Waals surface area contributed by atoms with Gasteiger partial charge in [0.1, 0.15) is 6.33 Å². The van der Waals surface area contributed by atoms with E-state index in [0.717, 1.165) is 17.0 Å². The third kappa shape index (κ3) is 2.61. The fraction of sp³-hybridized carbons (Fsp3) is 0.250. The third-order valence-electron chi connectivity index (χ3n) is 2.60. The molecule has 0 fully saturated rings. The minimum Gasteiger partial charge on any atom is -0.481 e. The molecule has 1 unspecified atom stereocenters. The van der Waals surface area contributed by atoms with Crippen LogP contribution >= 0.6 is 0 Å². The molecule has 0 amide bonds. The first kappa shape index (κ1) is 12.4. The second-order valence-corrected chi connectivity index (χ2v) is 3.82. The molecule has 0 saturated carbocycles. The van der Waals surface area contributed by atoms with Gasteiger partial charge in [0.05, 0.1) is 18.8 Å². The Balaban J connectivity index is 2.35. The van der Waals surface area contributed by atoms with Gasteiger partial charge < -0.3 is 4.74 Å². The van der Waals surface area contributed by atoms with E-state index in [1.54, 1.807) is 19.4 Å². The van der Waals surface area contributed by atoms with Crippen molar-refractivity contribution in [2.24, 2.45) is 5.84 Å². The third-order valence-corrected chi connectivity index (χ3v) is 2.60. The Labute approximate surface area is 105 Å². The van der Waals surface area contributed by atoms with Gasteiger partial charge in [-0.25, -0.2) is 15.4 Å². The smallest absolute Gasteiger partial charge is 0.216 e. The van der Waals surface area contributed by atoms with Gasteiger partial charge in [-0.1, -0.05) is 6.07 Å². The topological polar surface area (TPSA) is 86.0 Å². The first-order valence-electron chi connectivity index (χ1n) is 5.49. The molecule has 0 radical (unpaired) electrons. The minimum absolute atomic E-state index is 0.241. The molecule has 18 heavy (non-hydrogen) atoms. The summed E-state index contributed by atoms with van der Waals surface area (Å²) in [7, 11) is 1.56. The number of nitrogens with zero attached hydrogens (tertiary/aromatic N) is 3. The van der Waals surface area contributed by atoms with Crippen LogP contribution in [-0.4, -0.2) is 22.1 Å². The maximum Gasteiger partial charge on any atom is 0.216 e. The van der Waals surface area contributed by atoms with E-state index < -0.39 is 0 Å². The normalized spacial score (nSPS) is 12.2. The zero-order valence-electron chi connectivity index (χ0n) is 10.3. The number of nitrogens with one attached hydrogen (secondary N) is 1. The quantitative estimate of drug-likeness (QED) is 0.610. The van der Waals surface area contributed by atoms with Crippen LogP contribution in [-0.2, 0) is 0 Å². The molecule has 2 heterocycles. The molecule has 2 aromatic rings. The summed E-state index contributed by atoms with van der Waals surface area (Å²) in [5.74, 6) is 6.09. The SMILES string of the molecule is COc1cc(C(NN)c2ccc(C)nc2)ncn1. The van der Waals surface area contributed by atoms with Crippen LogP contribution < -0.4 is 16.0 Å². The predicted molar refractivity (Wildman–Crippen MR) is 66.7 cm³/mol. The Morgan fingerprint density at radius 1 is 1.28 bits per heavy atom. The van der Waals surface area contributed by atoms with Crippen molar-refractivity contribution in [2.45, 2.75) is 13.0 Å². The summed E-state index contributed by atoms with van der Waals surface area (Å²) in [5.41, 5.74) is 5.34. The van der Waals surface area contributed by atoms with Crippen LogP contribution in [0.2, 0.25) is 0 Å². The number of pyridine rings is 1. The molecule has 0 spiro atoms. The van der Waals surface area contributed by atoms with Gasteiger partial charge in [-0.3, -0.25) is 10.8 Å². The second kappa shape index (κ2) is 5.52. The summed E-state index contributed by atoms with van der Waals surface area (Å²) in [5, 5.41) is 0. The number of aromatic nitrogens is 3. The lowest BCUT2D eigenvalue weighted by molar-refractivity contribution is 0.395. The molecule has 2 aromatic heterocycles. The van der Waals surface area contributed by atoms with E-state index in [1.807, 2.05) is 19.1 Å². The molecule has 0 aliphatic heterocycles. The van der Waals surface area contributed by atoms with Gasteiger partial charge >= 0.3 is 0 Å². The Hall–Kier alpha value is -2.05. The van der Waals surface area contributed by atoms with Crippen molar-refractivity contribution in [1.29, 1.82) is 0 Å². The number of aryl methyl sites for hydroxylation is 1. The molecule has 0 saturated heterocycles. The van der Waals surface area contributed by atoms with Gasteiger partial charge in [0.15, 0.2) is 0 Å². The zero-order chi connectivity index (χ0) is 13.0. The fourth-order valence-electron chi connectivity index (χ4n) is 1.63. The van der Waals surface area contributed by atoms with E-state index in [1.165, 1.54) is 6.33 Å².